The number of nitrogens with two attached hydrogens (primary N) is 4. The maximum Gasteiger partial charge on any atom is 0.326 e. The molecule has 0 aromatic rings. The molecule has 0 bridgehead atoms. The highest BCUT2D eigenvalue weighted by molar-refractivity contribution is 5.95. The van der Waals surface area contributed by atoms with Crippen LogP contribution in [0.4, 0.5) is 0 Å². The predicted molar refractivity (Wildman–Crippen MR) is 131 cm³/mol. The van der Waals surface area contributed by atoms with Crippen LogP contribution in [0, 0.1) is 5.92 Å². The van der Waals surface area contributed by atoms with Crippen LogP contribution in [0.25, 0.3) is 0 Å². The molecule has 0 saturated heterocycles. The Morgan fingerprint density at radius 2 is 1.41 bits per heavy atom. The highest BCUT2D eigenvalue weighted by Gasteiger charge is 2.32. The summed E-state index contributed by atoms with van der Waals surface area (Å²) in [6.07, 6.45) is -0.613. The number of carboxylic acids is 2. The molecule has 0 aromatic heterocycles. The molecule has 37 heavy (non-hydrogen) atoms. The second-order valence-electron chi connectivity index (χ2n) is 8.49. The predicted octanol–water partition coefficient (Wildman–Crippen LogP) is -3.31. The smallest absolute Gasteiger partial charge is 0.326 e. The number of nitrogens with zero attached hydrogens (tertiary/aromatic N) is 1. The number of primary amides is 1. The van der Waals surface area contributed by atoms with Crippen molar-refractivity contribution in [2.45, 2.75) is 76.5 Å². The van der Waals surface area contributed by atoms with Gasteiger partial charge >= 0.3 is 11.9 Å². The molecule has 16 nitrogen and oxygen atoms in total. The summed E-state index contributed by atoms with van der Waals surface area (Å²) in [7, 11) is 0. The Labute approximate surface area is 214 Å². The van der Waals surface area contributed by atoms with E-state index in [0.29, 0.717) is 6.42 Å². The van der Waals surface area contributed by atoms with E-state index in [-0.39, 0.29) is 38.2 Å². The summed E-state index contributed by atoms with van der Waals surface area (Å²) in [6, 6.07) is -5.35. The molecule has 0 aliphatic heterocycles. The number of amides is 4. The first-order valence-corrected chi connectivity index (χ1v) is 11.6. The number of aliphatic imine (C=N–C) groups is 1. The van der Waals surface area contributed by atoms with Crippen molar-refractivity contribution >= 4 is 41.5 Å². The van der Waals surface area contributed by atoms with Crippen molar-refractivity contribution < 1.29 is 39.0 Å². The fraction of sp³-hybridized carbons (Fsp3) is 0.667. The quantitative estimate of drug-likeness (QED) is 0.0480. The van der Waals surface area contributed by atoms with E-state index in [0.717, 1.165) is 0 Å². The van der Waals surface area contributed by atoms with E-state index in [1.807, 2.05) is 0 Å². The van der Waals surface area contributed by atoms with E-state index in [1.165, 1.54) is 0 Å². The lowest BCUT2D eigenvalue weighted by Gasteiger charge is -2.26. The summed E-state index contributed by atoms with van der Waals surface area (Å²) in [5, 5.41) is 25.4. The summed E-state index contributed by atoms with van der Waals surface area (Å²) in [5.41, 5.74) is 21.3. The minimum Gasteiger partial charge on any atom is -0.481 e. The number of guanidine groups is 1. The third kappa shape index (κ3) is 13.6. The fourth-order valence-electron chi connectivity index (χ4n) is 3.10. The first kappa shape index (κ1) is 33.0. The molecule has 0 aromatic carbocycles. The number of aliphatic carboxylic acids is 2. The van der Waals surface area contributed by atoms with Crippen molar-refractivity contribution in [2.75, 3.05) is 6.54 Å². The number of nitrogens with one attached hydrogen (secondary N) is 3. The zero-order valence-corrected chi connectivity index (χ0v) is 20.9. The monoisotopic (exact) mass is 530 g/mol. The van der Waals surface area contributed by atoms with Crippen molar-refractivity contribution in [2.24, 2.45) is 33.8 Å². The van der Waals surface area contributed by atoms with Crippen LogP contribution >= 0.6 is 0 Å². The van der Waals surface area contributed by atoms with Gasteiger partial charge in [0.25, 0.3) is 0 Å². The lowest BCUT2D eigenvalue weighted by atomic mass is 9.98. The van der Waals surface area contributed by atoms with Crippen LogP contribution < -0.4 is 38.9 Å². The lowest BCUT2D eigenvalue weighted by molar-refractivity contribution is -0.144. The van der Waals surface area contributed by atoms with Gasteiger partial charge in [-0.3, -0.25) is 29.0 Å². The topological polar surface area (TPSA) is 295 Å². The number of hydrogen-bond donors (Lipinski definition) is 9. The highest BCUT2D eigenvalue weighted by atomic mass is 16.4. The van der Waals surface area contributed by atoms with Gasteiger partial charge in [-0.15, -0.1) is 0 Å². The largest absolute Gasteiger partial charge is 0.481 e. The summed E-state index contributed by atoms with van der Waals surface area (Å²) in [5.74, 6) is -6.64. The Morgan fingerprint density at radius 3 is 1.89 bits per heavy atom. The van der Waals surface area contributed by atoms with Crippen LogP contribution in [0.5, 0.6) is 0 Å². The Bertz CT molecular complexity index is 861. The van der Waals surface area contributed by atoms with E-state index in [9.17, 15) is 33.9 Å². The maximum absolute atomic E-state index is 13.0. The van der Waals surface area contributed by atoms with E-state index >= 15 is 0 Å². The number of carboxylic acid groups (broad SMARTS) is 2. The molecule has 13 N–H and O–H groups in total. The van der Waals surface area contributed by atoms with Crippen molar-refractivity contribution in [1.82, 2.24) is 16.0 Å². The fourth-order valence-corrected chi connectivity index (χ4v) is 3.10. The molecule has 0 spiro atoms. The minimum absolute atomic E-state index is 0.0249. The summed E-state index contributed by atoms with van der Waals surface area (Å²) >= 11 is 0. The van der Waals surface area contributed by atoms with Crippen LogP contribution in [-0.2, 0) is 28.8 Å². The van der Waals surface area contributed by atoms with Crippen molar-refractivity contribution in [3.8, 4) is 0 Å². The molecular weight excluding hydrogens is 492 g/mol. The normalized spacial score (nSPS) is 14.7. The second-order valence-corrected chi connectivity index (χ2v) is 8.49. The third-order valence-corrected chi connectivity index (χ3v) is 5.40. The zero-order chi connectivity index (χ0) is 28.7. The molecular formula is C21H38N8O8. The van der Waals surface area contributed by atoms with Crippen molar-refractivity contribution in [3.05, 3.63) is 0 Å². The van der Waals surface area contributed by atoms with Crippen LogP contribution in [0.2, 0.25) is 0 Å². The minimum atomic E-state index is -1.45. The van der Waals surface area contributed by atoms with Crippen LogP contribution in [0.15, 0.2) is 4.99 Å². The number of rotatable bonds is 18. The number of hydrogen-bond acceptors (Lipinski definition) is 8. The second kappa shape index (κ2) is 16.7. The van der Waals surface area contributed by atoms with Gasteiger partial charge in [0.2, 0.25) is 23.6 Å². The van der Waals surface area contributed by atoms with Crippen molar-refractivity contribution in [3.63, 3.8) is 0 Å². The molecule has 5 unspecified atom stereocenters. The molecule has 210 valence electrons. The number of carbonyl (C=O) groups is 6. The van der Waals surface area contributed by atoms with Gasteiger partial charge in [0.05, 0.1) is 12.5 Å². The molecule has 0 heterocycles. The average molecular weight is 531 g/mol. The molecule has 16 heteroatoms. The van der Waals surface area contributed by atoms with Crippen molar-refractivity contribution in [1.29, 1.82) is 0 Å². The average Bonchev–Trinajstić information content (AvgIpc) is 2.79. The molecule has 0 fully saturated rings. The SMILES string of the molecule is CCC(C)C(NC(=O)C(CCC(N)=O)NC(=O)C(CCCN=C(N)N)NC(=O)C(N)CC(=O)O)C(=O)O. The summed E-state index contributed by atoms with van der Waals surface area (Å²) < 4.78 is 0. The summed E-state index contributed by atoms with van der Waals surface area (Å²) in [6.45, 7) is 3.46. The van der Waals surface area contributed by atoms with E-state index in [4.69, 9.17) is 28.0 Å². The first-order chi connectivity index (χ1) is 17.2. The van der Waals surface area contributed by atoms with Crippen LogP contribution in [-0.4, -0.2) is 82.5 Å². The van der Waals surface area contributed by atoms with Gasteiger partial charge in [-0.1, -0.05) is 20.3 Å². The molecule has 0 saturated carbocycles. The van der Waals surface area contributed by atoms with E-state index < -0.39 is 72.1 Å². The van der Waals surface area contributed by atoms with Gasteiger partial charge in [-0.2, -0.15) is 0 Å². The van der Waals surface area contributed by atoms with Gasteiger partial charge in [0.1, 0.15) is 18.1 Å². The van der Waals surface area contributed by atoms with E-state index in [1.54, 1.807) is 13.8 Å². The Hall–Kier alpha value is -3.95. The zero-order valence-electron chi connectivity index (χ0n) is 20.9. The van der Waals surface area contributed by atoms with Gasteiger partial charge in [-0.05, 0) is 25.2 Å². The Balaban J connectivity index is 5.74. The Morgan fingerprint density at radius 1 is 0.865 bits per heavy atom. The summed E-state index contributed by atoms with van der Waals surface area (Å²) in [4.78, 5) is 75.8. The van der Waals surface area contributed by atoms with E-state index in [2.05, 4.69) is 20.9 Å². The number of carbonyl (C=O) groups excluding carboxylic acids is 4. The lowest BCUT2D eigenvalue weighted by Crippen LogP contribution is -2.58. The van der Waals surface area contributed by atoms with Gasteiger partial charge in [-0.25, -0.2) is 4.79 Å². The van der Waals surface area contributed by atoms with Gasteiger partial charge in [0.15, 0.2) is 5.96 Å². The van der Waals surface area contributed by atoms with Gasteiger partial charge in [0, 0.05) is 13.0 Å². The van der Waals surface area contributed by atoms with Crippen LogP contribution in [0.1, 0.15) is 52.4 Å². The molecule has 0 rings (SSSR count). The Kier molecular flexibility index (Phi) is 14.9. The standard InChI is InChI=1S/C21H38N8O8/c1-3-10(2)16(20(36)37)29-19(35)13(6-7-14(23)30)28-18(34)12(5-4-8-26-21(24)25)27-17(33)11(22)9-15(31)32/h10-13,16H,3-9,22H2,1-2H3,(H2,23,30)(H,27,33)(H,28,34)(H,29,35)(H,31,32)(H,36,37)(H4,24,25,26). The molecule has 0 aliphatic rings. The third-order valence-electron chi connectivity index (χ3n) is 5.40. The molecule has 5 atom stereocenters. The molecule has 0 radical (unpaired) electrons. The van der Waals surface area contributed by atoms with Gasteiger partial charge < -0.3 is 49.1 Å². The molecule has 0 aliphatic carbocycles. The highest BCUT2D eigenvalue weighted by Crippen LogP contribution is 2.10. The van der Waals surface area contributed by atoms with Crippen LogP contribution in [0.3, 0.4) is 0 Å². The molecule has 4 amide bonds. The maximum atomic E-state index is 13.0. The first-order valence-electron chi connectivity index (χ1n) is 11.6.